The van der Waals surface area contributed by atoms with E-state index < -0.39 is 0 Å². The molecule has 0 N–H and O–H groups in total. The molecule has 0 saturated carbocycles. The summed E-state index contributed by atoms with van der Waals surface area (Å²) in [4.78, 5) is 11.2. The van der Waals surface area contributed by atoms with Gasteiger partial charge in [0.2, 0.25) is 0 Å². The molecule has 0 atom stereocenters. The first-order chi connectivity index (χ1) is 11.3. The first kappa shape index (κ1) is 14.2. The average molecular weight is 309 g/mol. The van der Waals surface area contributed by atoms with E-state index in [-0.39, 0.29) is 0 Å². The molecular formula is C18H19N3O2. The molecular weight excluding hydrogens is 290 g/mol. The summed E-state index contributed by atoms with van der Waals surface area (Å²) >= 11 is 0. The molecule has 3 aromatic rings. The molecule has 23 heavy (non-hydrogen) atoms. The summed E-state index contributed by atoms with van der Waals surface area (Å²) in [6, 6.07) is 10.3. The Bertz CT molecular complexity index is 822. The minimum Gasteiger partial charge on any atom is -0.461 e. The van der Waals surface area contributed by atoms with Crippen LogP contribution in [0.15, 0.2) is 41.1 Å². The molecule has 0 bridgehead atoms. The number of aromatic nitrogens is 2. The highest BCUT2D eigenvalue weighted by Gasteiger charge is 2.16. The fourth-order valence-electron chi connectivity index (χ4n) is 2.95. The Labute approximate surface area is 134 Å². The SMILES string of the molecule is CCc1ccc(-c2ccc3ncnc(N4CCOCC4)c3c2)o1. The third-order valence-electron chi connectivity index (χ3n) is 4.22. The standard InChI is InChI=1S/C18H19N3O2/c1-2-14-4-6-17(23-14)13-3-5-16-15(11-13)18(20-12-19-16)21-7-9-22-10-8-21/h3-6,11-12H,2,7-10H2,1H3. The minimum atomic E-state index is 0.739. The lowest BCUT2D eigenvalue weighted by Crippen LogP contribution is -2.36. The zero-order valence-corrected chi connectivity index (χ0v) is 13.2. The highest BCUT2D eigenvalue weighted by atomic mass is 16.5. The molecule has 5 nitrogen and oxygen atoms in total. The first-order valence-corrected chi connectivity index (χ1v) is 8.01. The van der Waals surface area contributed by atoms with Gasteiger partial charge in [-0.2, -0.15) is 0 Å². The first-order valence-electron chi connectivity index (χ1n) is 8.01. The summed E-state index contributed by atoms with van der Waals surface area (Å²) in [6.07, 6.45) is 2.53. The van der Waals surface area contributed by atoms with E-state index in [0.717, 1.165) is 66.5 Å². The van der Waals surface area contributed by atoms with Crippen molar-refractivity contribution in [2.24, 2.45) is 0 Å². The molecule has 1 fully saturated rings. The Morgan fingerprint density at radius 3 is 2.74 bits per heavy atom. The molecule has 3 heterocycles. The van der Waals surface area contributed by atoms with Crippen LogP contribution >= 0.6 is 0 Å². The van der Waals surface area contributed by atoms with E-state index in [0.29, 0.717) is 0 Å². The number of nitrogens with zero attached hydrogens (tertiary/aromatic N) is 3. The minimum absolute atomic E-state index is 0.739. The molecule has 1 aliphatic rings. The Morgan fingerprint density at radius 2 is 1.96 bits per heavy atom. The average Bonchev–Trinajstić information content (AvgIpc) is 3.11. The van der Waals surface area contributed by atoms with Crippen molar-refractivity contribution in [3.63, 3.8) is 0 Å². The van der Waals surface area contributed by atoms with Crippen molar-refractivity contribution < 1.29 is 9.15 Å². The van der Waals surface area contributed by atoms with Gasteiger partial charge in [0.15, 0.2) is 0 Å². The van der Waals surface area contributed by atoms with Gasteiger partial charge in [0.1, 0.15) is 23.7 Å². The van der Waals surface area contributed by atoms with Gasteiger partial charge in [0.05, 0.1) is 18.7 Å². The van der Waals surface area contributed by atoms with Crippen LogP contribution in [0.3, 0.4) is 0 Å². The van der Waals surface area contributed by atoms with Gasteiger partial charge in [-0.25, -0.2) is 9.97 Å². The number of morpholine rings is 1. The van der Waals surface area contributed by atoms with E-state index in [4.69, 9.17) is 9.15 Å². The Hall–Kier alpha value is -2.40. The van der Waals surface area contributed by atoms with Crippen LogP contribution in [0.1, 0.15) is 12.7 Å². The molecule has 0 amide bonds. The maximum Gasteiger partial charge on any atom is 0.140 e. The van der Waals surface area contributed by atoms with E-state index in [1.807, 2.05) is 18.2 Å². The number of ether oxygens (including phenoxy) is 1. The topological polar surface area (TPSA) is 51.4 Å². The zero-order chi connectivity index (χ0) is 15.6. The lowest BCUT2D eigenvalue weighted by molar-refractivity contribution is 0.122. The van der Waals surface area contributed by atoms with Crippen LogP contribution in [0.25, 0.3) is 22.2 Å². The normalized spacial score (nSPS) is 15.3. The predicted molar refractivity (Wildman–Crippen MR) is 89.7 cm³/mol. The molecule has 5 heteroatoms. The molecule has 1 saturated heterocycles. The van der Waals surface area contributed by atoms with Crippen molar-refractivity contribution >= 4 is 16.7 Å². The van der Waals surface area contributed by atoms with E-state index in [1.54, 1.807) is 6.33 Å². The lowest BCUT2D eigenvalue weighted by atomic mass is 10.1. The number of hydrogen-bond donors (Lipinski definition) is 0. The van der Waals surface area contributed by atoms with Crippen LogP contribution in [-0.4, -0.2) is 36.3 Å². The zero-order valence-electron chi connectivity index (χ0n) is 13.2. The van der Waals surface area contributed by atoms with Gasteiger partial charge in [-0.3, -0.25) is 0 Å². The second kappa shape index (κ2) is 6.01. The monoisotopic (exact) mass is 309 g/mol. The molecule has 0 unspecified atom stereocenters. The summed E-state index contributed by atoms with van der Waals surface area (Å²) in [7, 11) is 0. The number of anilines is 1. The van der Waals surface area contributed by atoms with Gasteiger partial charge in [-0.15, -0.1) is 0 Å². The largest absolute Gasteiger partial charge is 0.461 e. The van der Waals surface area contributed by atoms with Crippen molar-refractivity contribution in [1.82, 2.24) is 9.97 Å². The predicted octanol–water partition coefficient (Wildman–Crippen LogP) is 3.29. The molecule has 118 valence electrons. The van der Waals surface area contributed by atoms with Gasteiger partial charge in [-0.05, 0) is 30.3 Å². The van der Waals surface area contributed by atoms with Crippen LogP contribution in [-0.2, 0) is 11.2 Å². The van der Waals surface area contributed by atoms with Crippen LogP contribution in [0.4, 0.5) is 5.82 Å². The van der Waals surface area contributed by atoms with Crippen molar-refractivity contribution in [3.05, 3.63) is 42.4 Å². The highest BCUT2D eigenvalue weighted by Crippen LogP contribution is 2.30. The molecule has 0 spiro atoms. The third kappa shape index (κ3) is 2.68. The van der Waals surface area contributed by atoms with Gasteiger partial charge in [0.25, 0.3) is 0 Å². The smallest absolute Gasteiger partial charge is 0.140 e. The fourth-order valence-corrected chi connectivity index (χ4v) is 2.95. The molecule has 0 aliphatic carbocycles. The summed E-state index contributed by atoms with van der Waals surface area (Å²) < 4.78 is 11.3. The lowest BCUT2D eigenvalue weighted by Gasteiger charge is -2.28. The van der Waals surface area contributed by atoms with E-state index >= 15 is 0 Å². The maximum absolute atomic E-state index is 5.88. The fraction of sp³-hybridized carbons (Fsp3) is 0.333. The quantitative estimate of drug-likeness (QED) is 0.743. The molecule has 0 radical (unpaired) electrons. The summed E-state index contributed by atoms with van der Waals surface area (Å²) in [5, 5.41) is 1.06. The highest BCUT2D eigenvalue weighted by molar-refractivity contribution is 5.92. The van der Waals surface area contributed by atoms with Crippen LogP contribution in [0.5, 0.6) is 0 Å². The third-order valence-corrected chi connectivity index (χ3v) is 4.22. The molecule has 1 aliphatic heterocycles. The Balaban J connectivity index is 1.79. The second-order valence-electron chi connectivity index (χ2n) is 5.65. The molecule has 1 aromatic carbocycles. The second-order valence-corrected chi connectivity index (χ2v) is 5.65. The number of aryl methyl sites for hydroxylation is 1. The van der Waals surface area contributed by atoms with E-state index in [9.17, 15) is 0 Å². The van der Waals surface area contributed by atoms with Crippen LogP contribution < -0.4 is 4.90 Å². The van der Waals surface area contributed by atoms with E-state index in [1.165, 1.54) is 0 Å². The summed E-state index contributed by atoms with van der Waals surface area (Å²) in [6.45, 7) is 5.29. The number of fused-ring (bicyclic) bond motifs is 1. The van der Waals surface area contributed by atoms with Crippen molar-refractivity contribution in [2.75, 3.05) is 31.2 Å². The van der Waals surface area contributed by atoms with Crippen molar-refractivity contribution in [1.29, 1.82) is 0 Å². The maximum atomic E-state index is 5.88. The number of benzene rings is 1. The summed E-state index contributed by atoms with van der Waals surface area (Å²) in [5.41, 5.74) is 2.01. The van der Waals surface area contributed by atoms with Gasteiger partial charge in [0, 0.05) is 30.5 Å². The van der Waals surface area contributed by atoms with Gasteiger partial charge < -0.3 is 14.1 Å². The number of hydrogen-bond acceptors (Lipinski definition) is 5. The summed E-state index contributed by atoms with van der Waals surface area (Å²) in [5.74, 6) is 2.86. The van der Waals surface area contributed by atoms with E-state index in [2.05, 4.69) is 33.9 Å². The van der Waals surface area contributed by atoms with Crippen molar-refractivity contribution in [3.8, 4) is 11.3 Å². The van der Waals surface area contributed by atoms with Crippen LogP contribution in [0, 0.1) is 0 Å². The van der Waals surface area contributed by atoms with Gasteiger partial charge in [-0.1, -0.05) is 6.92 Å². The van der Waals surface area contributed by atoms with Crippen LogP contribution in [0.2, 0.25) is 0 Å². The Kier molecular flexibility index (Phi) is 3.71. The molecule has 4 rings (SSSR count). The van der Waals surface area contributed by atoms with Crippen molar-refractivity contribution in [2.45, 2.75) is 13.3 Å². The Morgan fingerprint density at radius 1 is 1.09 bits per heavy atom. The number of furan rings is 1. The van der Waals surface area contributed by atoms with Gasteiger partial charge >= 0.3 is 0 Å². The number of rotatable bonds is 3. The molecule has 2 aromatic heterocycles.